The topological polar surface area (TPSA) is 46.0 Å². The minimum atomic E-state index is -0.969. The van der Waals surface area contributed by atoms with E-state index in [0.717, 1.165) is 22.2 Å². The van der Waals surface area contributed by atoms with Gasteiger partial charge in [-0.2, -0.15) is 0 Å². The van der Waals surface area contributed by atoms with Gasteiger partial charge in [0.25, 0.3) is 0 Å². The van der Waals surface area contributed by atoms with E-state index in [9.17, 15) is 5.11 Å². The third-order valence-electron chi connectivity index (χ3n) is 3.46. The Morgan fingerprint density at radius 3 is 2.70 bits per heavy atom. The molecule has 3 heteroatoms. The van der Waals surface area contributed by atoms with E-state index in [4.69, 9.17) is 0 Å². The average Bonchev–Trinajstić information content (AvgIpc) is 2.48. The normalized spacial score (nSPS) is 14.1. The Morgan fingerprint density at radius 1 is 1.05 bits per heavy atom. The van der Waals surface area contributed by atoms with Gasteiger partial charge in [-0.3, -0.25) is 9.97 Å². The third kappa shape index (κ3) is 2.53. The van der Waals surface area contributed by atoms with E-state index in [1.807, 2.05) is 48.5 Å². The monoisotopic (exact) mass is 264 g/mol. The molecule has 3 rings (SSSR count). The number of benzene rings is 1. The summed E-state index contributed by atoms with van der Waals surface area (Å²) in [5.41, 5.74) is 1.66. The summed E-state index contributed by atoms with van der Waals surface area (Å²) in [5.74, 6) is 0. The fourth-order valence-corrected chi connectivity index (χ4v) is 2.34. The number of hydrogen-bond donors (Lipinski definition) is 1. The lowest BCUT2D eigenvalue weighted by Crippen LogP contribution is -2.24. The molecule has 0 saturated carbocycles. The maximum atomic E-state index is 10.6. The highest BCUT2D eigenvalue weighted by atomic mass is 16.3. The van der Waals surface area contributed by atoms with Crippen molar-refractivity contribution in [1.82, 2.24) is 9.97 Å². The van der Waals surface area contributed by atoms with Crippen molar-refractivity contribution < 1.29 is 5.11 Å². The first-order chi connectivity index (χ1) is 9.65. The predicted molar refractivity (Wildman–Crippen MR) is 79.3 cm³/mol. The Bertz CT molecular complexity index is 723. The lowest BCUT2D eigenvalue weighted by atomic mass is 9.92. The van der Waals surface area contributed by atoms with E-state index in [0.29, 0.717) is 6.42 Å². The molecule has 0 amide bonds. The molecule has 1 atom stereocenters. The van der Waals surface area contributed by atoms with Gasteiger partial charge in [-0.1, -0.05) is 30.3 Å². The smallest absolute Gasteiger partial charge is 0.0938 e. The summed E-state index contributed by atoms with van der Waals surface area (Å²) in [4.78, 5) is 8.67. The van der Waals surface area contributed by atoms with Gasteiger partial charge in [0.1, 0.15) is 0 Å². The first-order valence-electron chi connectivity index (χ1n) is 6.63. The molecule has 3 nitrogen and oxygen atoms in total. The van der Waals surface area contributed by atoms with E-state index in [2.05, 4.69) is 9.97 Å². The zero-order valence-electron chi connectivity index (χ0n) is 11.3. The Balaban J connectivity index is 1.92. The largest absolute Gasteiger partial charge is 0.385 e. The lowest BCUT2D eigenvalue weighted by Gasteiger charge is -2.23. The molecule has 1 aromatic carbocycles. The van der Waals surface area contributed by atoms with Crippen LogP contribution in [0.1, 0.15) is 18.2 Å². The SMILES string of the molecule is CC(O)(Cc1ccc2ccccc2n1)c1cccnc1. The van der Waals surface area contributed by atoms with E-state index in [1.165, 1.54) is 0 Å². The zero-order chi connectivity index (χ0) is 14.0. The van der Waals surface area contributed by atoms with Crippen LogP contribution in [-0.4, -0.2) is 15.1 Å². The highest BCUT2D eigenvalue weighted by Gasteiger charge is 2.24. The Kier molecular flexibility index (Phi) is 3.20. The molecule has 100 valence electrons. The molecule has 0 spiro atoms. The molecule has 0 saturated heterocycles. The Hall–Kier alpha value is -2.26. The van der Waals surface area contributed by atoms with Gasteiger partial charge in [0.05, 0.1) is 11.1 Å². The minimum absolute atomic E-state index is 0.462. The lowest BCUT2D eigenvalue weighted by molar-refractivity contribution is 0.0563. The van der Waals surface area contributed by atoms with Crippen LogP contribution in [0, 0.1) is 0 Å². The fourth-order valence-electron chi connectivity index (χ4n) is 2.34. The summed E-state index contributed by atoms with van der Waals surface area (Å²) >= 11 is 0. The molecule has 0 bridgehead atoms. The number of rotatable bonds is 3. The molecule has 0 radical (unpaired) electrons. The maximum Gasteiger partial charge on any atom is 0.0938 e. The van der Waals surface area contributed by atoms with Gasteiger partial charge >= 0.3 is 0 Å². The van der Waals surface area contributed by atoms with Crippen LogP contribution >= 0.6 is 0 Å². The highest BCUT2D eigenvalue weighted by molar-refractivity contribution is 5.78. The number of hydrogen-bond acceptors (Lipinski definition) is 3. The zero-order valence-corrected chi connectivity index (χ0v) is 11.3. The maximum absolute atomic E-state index is 10.6. The average molecular weight is 264 g/mol. The van der Waals surface area contributed by atoms with Crippen molar-refractivity contribution in [1.29, 1.82) is 0 Å². The van der Waals surface area contributed by atoms with Crippen LogP contribution in [0.25, 0.3) is 10.9 Å². The molecule has 0 aliphatic carbocycles. The first-order valence-corrected chi connectivity index (χ1v) is 6.63. The van der Waals surface area contributed by atoms with E-state index in [-0.39, 0.29) is 0 Å². The van der Waals surface area contributed by atoms with Gasteiger partial charge in [-0.05, 0) is 25.1 Å². The van der Waals surface area contributed by atoms with Crippen LogP contribution in [0.3, 0.4) is 0 Å². The van der Waals surface area contributed by atoms with Gasteiger partial charge in [0, 0.05) is 35.5 Å². The van der Waals surface area contributed by atoms with Crippen LogP contribution in [0.5, 0.6) is 0 Å². The van der Waals surface area contributed by atoms with Crippen LogP contribution in [0.15, 0.2) is 60.9 Å². The van der Waals surface area contributed by atoms with Gasteiger partial charge < -0.3 is 5.11 Å². The standard InChI is InChI=1S/C17H16N2O/c1-17(20,14-6-4-10-18-12-14)11-15-9-8-13-5-2-3-7-16(13)19-15/h2-10,12,20H,11H2,1H3. The van der Waals surface area contributed by atoms with E-state index >= 15 is 0 Å². The van der Waals surface area contributed by atoms with Crippen LogP contribution in [0.4, 0.5) is 0 Å². The Labute approximate surface area is 117 Å². The van der Waals surface area contributed by atoms with Crippen molar-refractivity contribution >= 4 is 10.9 Å². The summed E-state index contributed by atoms with van der Waals surface area (Å²) in [6.07, 6.45) is 3.86. The summed E-state index contributed by atoms with van der Waals surface area (Å²) in [7, 11) is 0. The summed E-state index contributed by atoms with van der Waals surface area (Å²) < 4.78 is 0. The van der Waals surface area contributed by atoms with Gasteiger partial charge in [-0.15, -0.1) is 0 Å². The summed E-state index contributed by atoms with van der Waals surface area (Å²) in [5, 5.41) is 11.7. The van der Waals surface area contributed by atoms with Gasteiger partial charge in [-0.25, -0.2) is 0 Å². The van der Waals surface area contributed by atoms with E-state index in [1.54, 1.807) is 19.3 Å². The predicted octanol–water partition coefficient (Wildman–Crippen LogP) is 3.08. The minimum Gasteiger partial charge on any atom is -0.385 e. The van der Waals surface area contributed by atoms with Crippen molar-refractivity contribution in [3.05, 3.63) is 72.2 Å². The Morgan fingerprint density at radius 2 is 1.90 bits per heavy atom. The summed E-state index contributed by atoms with van der Waals surface area (Å²) in [6, 6.07) is 15.7. The van der Waals surface area contributed by atoms with Gasteiger partial charge in [0.2, 0.25) is 0 Å². The number of para-hydroxylation sites is 1. The fraction of sp³-hybridized carbons (Fsp3) is 0.176. The second-order valence-corrected chi connectivity index (χ2v) is 5.19. The van der Waals surface area contributed by atoms with Crippen LogP contribution in [0.2, 0.25) is 0 Å². The molecular weight excluding hydrogens is 248 g/mol. The molecule has 3 aromatic rings. The van der Waals surface area contributed by atoms with Crippen molar-refractivity contribution in [2.45, 2.75) is 18.9 Å². The molecule has 2 heterocycles. The van der Waals surface area contributed by atoms with Crippen LogP contribution < -0.4 is 0 Å². The third-order valence-corrected chi connectivity index (χ3v) is 3.46. The number of pyridine rings is 2. The quantitative estimate of drug-likeness (QED) is 0.790. The number of aromatic nitrogens is 2. The van der Waals surface area contributed by atoms with Crippen LogP contribution in [-0.2, 0) is 12.0 Å². The molecular formula is C17H16N2O. The number of nitrogens with zero attached hydrogens (tertiary/aromatic N) is 2. The molecule has 1 N–H and O–H groups in total. The first kappa shape index (κ1) is 12.8. The van der Waals surface area contributed by atoms with Crippen molar-refractivity contribution in [3.8, 4) is 0 Å². The van der Waals surface area contributed by atoms with Crippen molar-refractivity contribution in [3.63, 3.8) is 0 Å². The molecule has 20 heavy (non-hydrogen) atoms. The molecule has 0 aliphatic heterocycles. The second-order valence-electron chi connectivity index (χ2n) is 5.19. The molecule has 2 aromatic heterocycles. The molecule has 1 unspecified atom stereocenters. The van der Waals surface area contributed by atoms with Crippen molar-refractivity contribution in [2.75, 3.05) is 0 Å². The van der Waals surface area contributed by atoms with Crippen molar-refractivity contribution in [2.24, 2.45) is 0 Å². The summed E-state index contributed by atoms with van der Waals surface area (Å²) in [6.45, 7) is 1.79. The molecule has 0 aliphatic rings. The second kappa shape index (κ2) is 5.02. The van der Waals surface area contributed by atoms with E-state index < -0.39 is 5.60 Å². The highest BCUT2D eigenvalue weighted by Crippen LogP contribution is 2.24. The van der Waals surface area contributed by atoms with Gasteiger partial charge in [0.15, 0.2) is 0 Å². The number of fused-ring (bicyclic) bond motifs is 1. The molecule has 0 fully saturated rings. The number of aliphatic hydroxyl groups is 1.